The second-order valence-corrected chi connectivity index (χ2v) is 5.44. The molecule has 9 heteroatoms. The first-order valence-electron chi connectivity index (χ1n) is 5.53. The summed E-state index contributed by atoms with van der Waals surface area (Å²) in [5.41, 5.74) is 0.632. The van der Waals surface area contributed by atoms with Crippen molar-refractivity contribution in [3.05, 3.63) is 18.2 Å². The lowest BCUT2D eigenvalue weighted by atomic mass is 10.2. The molecule has 108 valence electrons. The summed E-state index contributed by atoms with van der Waals surface area (Å²) in [4.78, 5) is 0. The lowest BCUT2D eigenvalue weighted by molar-refractivity contribution is 0.355. The Balaban J connectivity index is 2.56. The SMILES string of the molecule is COc1ccc(-c2nnc(S(N)(=O)=O)n2C)cc1OC. The smallest absolute Gasteiger partial charge is 0.273 e. The van der Waals surface area contributed by atoms with Crippen molar-refractivity contribution < 1.29 is 17.9 Å². The lowest BCUT2D eigenvalue weighted by Gasteiger charge is -2.09. The molecule has 1 heterocycles. The van der Waals surface area contributed by atoms with Gasteiger partial charge in [0.1, 0.15) is 0 Å². The zero-order chi connectivity index (χ0) is 14.9. The highest BCUT2D eigenvalue weighted by molar-refractivity contribution is 7.89. The highest BCUT2D eigenvalue weighted by Gasteiger charge is 2.20. The maximum atomic E-state index is 11.3. The molecule has 0 saturated heterocycles. The number of sulfonamides is 1. The van der Waals surface area contributed by atoms with E-state index < -0.39 is 10.0 Å². The van der Waals surface area contributed by atoms with E-state index in [0.29, 0.717) is 22.9 Å². The Bertz CT molecular complexity index is 739. The number of hydrogen-bond acceptors (Lipinski definition) is 6. The molecule has 0 radical (unpaired) electrons. The van der Waals surface area contributed by atoms with Crippen molar-refractivity contribution in [2.24, 2.45) is 12.2 Å². The Morgan fingerprint density at radius 1 is 1.15 bits per heavy atom. The molecular weight excluding hydrogens is 284 g/mol. The number of ether oxygens (including phenoxy) is 2. The molecule has 20 heavy (non-hydrogen) atoms. The monoisotopic (exact) mass is 298 g/mol. The summed E-state index contributed by atoms with van der Waals surface area (Å²) < 4.78 is 34.3. The van der Waals surface area contributed by atoms with Crippen LogP contribution in [0.2, 0.25) is 0 Å². The minimum Gasteiger partial charge on any atom is -0.493 e. The summed E-state index contributed by atoms with van der Waals surface area (Å²) in [6.45, 7) is 0. The maximum Gasteiger partial charge on any atom is 0.273 e. The van der Waals surface area contributed by atoms with Gasteiger partial charge in [0.15, 0.2) is 17.3 Å². The molecule has 2 rings (SSSR count). The van der Waals surface area contributed by atoms with Gasteiger partial charge in [-0.2, -0.15) is 0 Å². The molecule has 1 aromatic heterocycles. The number of benzene rings is 1. The molecule has 0 fully saturated rings. The first-order valence-corrected chi connectivity index (χ1v) is 7.07. The van der Waals surface area contributed by atoms with E-state index in [4.69, 9.17) is 14.6 Å². The average molecular weight is 298 g/mol. The third-order valence-corrected chi connectivity index (χ3v) is 3.60. The van der Waals surface area contributed by atoms with Crippen LogP contribution in [0.1, 0.15) is 0 Å². The molecule has 0 spiro atoms. The predicted molar refractivity (Wildman–Crippen MR) is 70.9 cm³/mol. The molecule has 0 aliphatic rings. The first kappa shape index (κ1) is 14.3. The number of nitrogens with zero attached hydrogens (tertiary/aromatic N) is 3. The third-order valence-electron chi connectivity index (χ3n) is 2.73. The van der Waals surface area contributed by atoms with E-state index in [-0.39, 0.29) is 5.16 Å². The molecule has 0 bridgehead atoms. The van der Waals surface area contributed by atoms with Crippen molar-refractivity contribution in [1.82, 2.24) is 14.8 Å². The molecule has 0 aliphatic carbocycles. The summed E-state index contributed by atoms with van der Waals surface area (Å²) in [5.74, 6) is 1.42. The quantitative estimate of drug-likeness (QED) is 0.860. The number of primary sulfonamides is 1. The fourth-order valence-electron chi connectivity index (χ4n) is 1.79. The van der Waals surface area contributed by atoms with E-state index in [0.717, 1.165) is 0 Å². The van der Waals surface area contributed by atoms with Crippen LogP contribution < -0.4 is 14.6 Å². The van der Waals surface area contributed by atoms with E-state index >= 15 is 0 Å². The highest BCUT2D eigenvalue weighted by Crippen LogP contribution is 2.31. The van der Waals surface area contributed by atoms with Crippen LogP contribution in [0.3, 0.4) is 0 Å². The minimum absolute atomic E-state index is 0.303. The molecule has 1 aromatic carbocycles. The molecule has 8 nitrogen and oxygen atoms in total. The Hall–Kier alpha value is -2.13. The number of hydrogen-bond donors (Lipinski definition) is 1. The van der Waals surface area contributed by atoms with Crippen molar-refractivity contribution in [2.45, 2.75) is 5.16 Å². The van der Waals surface area contributed by atoms with E-state index in [1.807, 2.05) is 0 Å². The molecule has 0 saturated carbocycles. The Morgan fingerprint density at radius 3 is 2.30 bits per heavy atom. The minimum atomic E-state index is -3.92. The summed E-state index contributed by atoms with van der Waals surface area (Å²) >= 11 is 0. The Morgan fingerprint density at radius 2 is 1.80 bits per heavy atom. The molecule has 0 amide bonds. The van der Waals surface area contributed by atoms with Crippen LogP contribution in [0.25, 0.3) is 11.4 Å². The van der Waals surface area contributed by atoms with Crippen molar-refractivity contribution in [2.75, 3.05) is 14.2 Å². The summed E-state index contributed by atoms with van der Waals surface area (Å²) in [6.07, 6.45) is 0. The Labute approximate surface area is 116 Å². The van der Waals surface area contributed by atoms with Gasteiger partial charge in [-0.3, -0.25) is 4.57 Å². The fourth-order valence-corrected chi connectivity index (χ4v) is 2.41. The highest BCUT2D eigenvalue weighted by atomic mass is 32.2. The van der Waals surface area contributed by atoms with Gasteiger partial charge in [-0.25, -0.2) is 13.6 Å². The van der Waals surface area contributed by atoms with E-state index in [9.17, 15) is 8.42 Å². The first-order chi connectivity index (χ1) is 9.38. The van der Waals surface area contributed by atoms with E-state index in [2.05, 4.69) is 10.2 Å². The zero-order valence-corrected chi connectivity index (χ0v) is 12.0. The standard InChI is InChI=1S/C11H14N4O4S/c1-15-10(13-14-11(15)20(12,16)17)7-4-5-8(18-2)9(6-7)19-3/h4-6H,1-3H3,(H2,12,16,17). The molecule has 2 aromatic rings. The third kappa shape index (κ3) is 2.45. The molecular formula is C11H14N4O4S. The second-order valence-electron chi connectivity index (χ2n) is 3.98. The van der Waals surface area contributed by atoms with Crippen LogP contribution in [0.4, 0.5) is 0 Å². The van der Waals surface area contributed by atoms with Gasteiger partial charge in [0.25, 0.3) is 15.2 Å². The lowest BCUT2D eigenvalue weighted by Crippen LogP contribution is -2.17. The largest absolute Gasteiger partial charge is 0.493 e. The summed E-state index contributed by atoms with van der Waals surface area (Å²) in [6, 6.07) is 5.09. The predicted octanol–water partition coefficient (Wildman–Crippen LogP) is 0.147. The van der Waals surface area contributed by atoms with Crippen molar-refractivity contribution in [1.29, 1.82) is 0 Å². The van der Waals surface area contributed by atoms with Crippen LogP contribution in [0, 0.1) is 0 Å². The maximum absolute atomic E-state index is 11.3. The fraction of sp³-hybridized carbons (Fsp3) is 0.273. The van der Waals surface area contributed by atoms with Gasteiger partial charge in [0.05, 0.1) is 14.2 Å². The normalized spacial score (nSPS) is 11.4. The van der Waals surface area contributed by atoms with E-state index in [1.54, 1.807) is 18.2 Å². The number of nitrogens with two attached hydrogens (primary N) is 1. The van der Waals surface area contributed by atoms with Crippen LogP contribution in [-0.2, 0) is 17.1 Å². The average Bonchev–Trinajstić information content (AvgIpc) is 2.79. The van der Waals surface area contributed by atoms with Crippen LogP contribution in [0.5, 0.6) is 11.5 Å². The van der Waals surface area contributed by atoms with Gasteiger partial charge in [-0.05, 0) is 18.2 Å². The van der Waals surface area contributed by atoms with E-state index in [1.165, 1.54) is 25.8 Å². The topological polar surface area (TPSA) is 109 Å². The van der Waals surface area contributed by atoms with Crippen molar-refractivity contribution in [3.8, 4) is 22.9 Å². The van der Waals surface area contributed by atoms with Gasteiger partial charge in [0, 0.05) is 12.6 Å². The molecule has 0 unspecified atom stereocenters. The van der Waals surface area contributed by atoms with Gasteiger partial charge >= 0.3 is 0 Å². The number of methoxy groups -OCH3 is 2. The van der Waals surface area contributed by atoms with Gasteiger partial charge in [0.2, 0.25) is 0 Å². The number of rotatable bonds is 4. The Kier molecular flexibility index (Phi) is 3.64. The van der Waals surface area contributed by atoms with Gasteiger partial charge in [-0.1, -0.05) is 0 Å². The van der Waals surface area contributed by atoms with Crippen molar-refractivity contribution in [3.63, 3.8) is 0 Å². The van der Waals surface area contributed by atoms with Crippen molar-refractivity contribution >= 4 is 10.0 Å². The zero-order valence-electron chi connectivity index (χ0n) is 11.2. The molecule has 0 aliphatic heterocycles. The summed E-state index contributed by atoms with van der Waals surface area (Å²) in [7, 11) is 0.639. The molecule has 2 N–H and O–H groups in total. The summed E-state index contributed by atoms with van der Waals surface area (Å²) in [5, 5.41) is 12.2. The van der Waals surface area contributed by atoms with Gasteiger partial charge in [-0.15, -0.1) is 10.2 Å². The van der Waals surface area contributed by atoms with Crippen LogP contribution in [0.15, 0.2) is 23.4 Å². The van der Waals surface area contributed by atoms with Crippen LogP contribution >= 0.6 is 0 Å². The number of aromatic nitrogens is 3. The van der Waals surface area contributed by atoms with Gasteiger partial charge < -0.3 is 9.47 Å². The second kappa shape index (κ2) is 5.10. The van der Waals surface area contributed by atoms with Crippen LogP contribution in [-0.4, -0.2) is 37.4 Å². The molecule has 0 atom stereocenters.